The van der Waals surface area contributed by atoms with Gasteiger partial charge in [0, 0.05) is 5.75 Å². The highest BCUT2D eigenvalue weighted by atomic mass is 35.5. The highest BCUT2D eigenvalue weighted by Crippen LogP contribution is 2.30. The van der Waals surface area contributed by atoms with Crippen molar-refractivity contribution in [2.45, 2.75) is 17.7 Å². The molecule has 0 aliphatic rings. The van der Waals surface area contributed by atoms with E-state index in [1.807, 2.05) is 31.2 Å². The number of hydrogen-bond donors (Lipinski definition) is 0. The van der Waals surface area contributed by atoms with Crippen molar-refractivity contribution in [2.75, 3.05) is 0 Å². The molecule has 1 heterocycles. The lowest BCUT2D eigenvalue weighted by Crippen LogP contribution is -1.96. The van der Waals surface area contributed by atoms with E-state index in [-0.39, 0.29) is 16.0 Å². The van der Waals surface area contributed by atoms with Crippen LogP contribution >= 0.6 is 23.4 Å². The van der Waals surface area contributed by atoms with E-state index >= 15 is 0 Å². The third-order valence-corrected chi connectivity index (χ3v) is 3.74. The van der Waals surface area contributed by atoms with E-state index in [0.717, 1.165) is 17.3 Å². The maximum atomic E-state index is 10.9. The van der Waals surface area contributed by atoms with Gasteiger partial charge in [0.15, 0.2) is 5.03 Å². The van der Waals surface area contributed by atoms with Gasteiger partial charge < -0.3 is 0 Å². The third-order valence-electron chi connectivity index (χ3n) is 2.53. The number of thioether (sulfide) groups is 1. The number of aryl methyl sites for hydroxylation is 1. The van der Waals surface area contributed by atoms with Gasteiger partial charge in [-0.3, -0.25) is 10.1 Å². The molecule has 2 rings (SSSR count). The molecule has 0 fully saturated rings. The predicted octanol–water partition coefficient (Wildman–Crippen LogP) is 3.64. The average Bonchev–Trinajstić information content (AvgIpc) is 2.37. The first-order valence-corrected chi connectivity index (χ1v) is 6.78. The second-order valence-electron chi connectivity index (χ2n) is 3.80. The Morgan fingerprint density at radius 2 is 2.16 bits per heavy atom. The molecule has 0 bridgehead atoms. The smallest absolute Gasteiger partial charge is 0.258 e. The van der Waals surface area contributed by atoms with Crippen molar-refractivity contribution in [3.8, 4) is 0 Å². The Hall–Kier alpha value is -1.66. The Kier molecular flexibility index (Phi) is 4.34. The van der Waals surface area contributed by atoms with Crippen LogP contribution in [0, 0.1) is 17.0 Å². The van der Waals surface area contributed by atoms with Crippen LogP contribution in [-0.4, -0.2) is 14.9 Å². The first kappa shape index (κ1) is 13.8. The van der Waals surface area contributed by atoms with E-state index in [9.17, 15) is 10.1 Å². The second-order valence-corrected chi connectivity index (χ2v) is 5.10. The summed E-state index contributed by atoms with van der Waals surface area (Å²) in [7, 11) is 0. The van der Waals surface area contributed by atoms with Gasteiger partial charge in [0.25, 0.3) is 0 Å². The Bertz CT molecular complexity index is 622. The van der Waals surface area contributed by atoms with Gasteiger partial charge in [-0.1, -0.05) is 36.0 Å². The number of hydrogen-bond acceptors (Lipinski definition) is 5. The zero-order valence-electron chi connectivity index (χ0n) is 10.0. The second kappa shape index (κ2) is 5.99. The number of aromatic nitrogens is 2. The summed E-state index contributed by atoms with van der Waals surface area (Å²) in [6.07, 6.45) is 1.13. The van der Waals surface area contributed by atoms with Crippen molar-refractivity contribution in [2.24, 2.45) is 0 Å². The van der Waals surface area contributed by atoms with E-state index < -0.39 is 4.92 Å². The minimum absolute atomic E-state index is 0.0119. The number of rotatable bonds is 4. The molecular weight excluding hydrogens is 286 g/mol. The van der Waals surface area contributed by atoms with Gasteiger partial charge in [-0.05, 0) is 29.7 Å². The van der Waals surface area contributed by atoms with Gasteiger partial charge in [0.05, 0.1) is 4.92 Å². The number of nitrogens with zero attached hydrogens (tertiary/aromatic N) is 3. The fourth-order valence-electron chi connectivity index (χ4n) is 1.49. The predicted molar refractivity (Wildman–Crippen MR) is 74.4 cm³/mol. The van der Waals surface area contributed by atoms with Crippen LogP contribution in [0.2, 0.25) is 5.28 Å². The van der Waals surface area contributed by atoms with Crippen LogP contribution in [0.3, 0.4) is 0 Å². The van der Waals surface area contributed by atoms with Gasteiger partial charge in [0.2, 0.25) is 5.28 Å². The quantitative estimate of drug-likeness (QED) is 0.283. The van der Waals surface area contributed by atoms with Crippen LogP contribution in [0.15, 0.2) is 35.5 Å². The van der Waals surface area contributed by atoms with Crippen molar-refractivity contribution >= 4 is 29.1 Å². The molecule has 0 spiro atoms. The first-order chi connectivity index (χ1) is 9.08. The molecule has 0 amide bonds. The molecule has 0 saturated carbocycles. The fraction of sp³-hybridized carbons (Fsp3) is 0.167. The summed E-state index contributed by atoms with van der Waals surface area (Å²) in [5, 5.41) is 11.2. The normalized spacial score (nSPS) is 10.4. The van der Waals surface area contributed by atoms with E-state index in [0.29, 0.717) is 5.75 Å². The van der Waals surface area contributed by atoms with Crippen molar-refractivity contribution in [1.29, 1.82) is 0 Å². The van der Waals surface area contributed by atoms with Crippen molar-refractivity contribution < 1.29 is 4.92 Å². The molecule has 19 heavy (non-hydrogen) atoms. The molecule has 5 nitrogen and oxygen atoms in total. The van der Waals surface area contributed by atoms with Gasteiger partial charge in [-0.15, -0.1) is 0 Å². The molecular formula is C12H10ClN3O2S. The molecule has 0 atom stereocenters. The molecule has 0 radical (unpaired) electrons. The Morgan fingerprint density at radius 3 is 2.84 bits per heavy atom. The van der Waals surface area contributed by atoms with E-state index in [1.54, 1.807) is 0 Å². The summed E-state index contributed by atoms with van der Waals surface area (Å²) in [6, 6.07) is 7.87. The molecule has 1 aromatic heterocycles. The lowest BCUT2D eigenvalue weighted by Gasteiger charge is -2.05. The summed E-state index contributed by atoms with van der Waals surface area (Å²) in [5.41, 5.74) is 2.12. The lowest BCUT2D eigenvalue weighted by atomic mass is 10.1. The Morgan fingerprint density at radius 1 is 1.42 bits per heavy atom. The first-order valence-electron chi connectivity index (χ1n) is 5.42. The molecule has 0 aliphatic heterocycles. The SMILES string of the molecule is Cc1ccccc1CSc1nc(Cl)ncc1[N+](=O)[O-]. The van der Waals surface area contributed by atoms with Crippen LogP contribution in [0.5, 0.6) is 0 Å². The van der Waals surface area contributed by atoms with Crippen LogP contribution < -0.4 is 0 Å². The van der Waals surface area contributed by atoms with E-state index in [4.69, 9.17) is 11.6 Å². The van der Waals surface area contributed by atoms with Crippen LogP contribution in [0.25, 0.3) is 0 Å². The van der Waals surface area contributed by atoms with Gasteiger partial charge in [0.1, 0.15) is 6.20 Å². The minimum Gasteiger partial charge on any atom is -0.258 e. The Labute approximate surface area is 119 Å². The highest BCUT2D eigenvalue weighted by molar-refractivity contribution is 7.98. The summed E-state index contributed by atoms with van der Waals surface area (Å²) in [5.74, 6) is 0.598. The molecule has 7 heteroatoms. The van der Waals surface area contributed by atoms with E-state index in [1.165, 1.54) is 11.8 Å². The molecule has 0 aliphatic carbocycles. The maximum absolute atomic E-state index is 10.9. The van der Waals surface area contributed by atoms with Crippen molar-refractivity contribution in [1.82, 2.24) is 9.97 Å². The zero-order chi connectivity index (χ0) is 13.8. The third kappa shape index (κ3) is 3.42. The van der Waals surface area contributed by atoms with Gasteiger partial charge in [-0.2, -0.15) is 0 Å². The molecule has 0 N–H and O–H groups in total. The molecule has 1 aromatic carbocycles. The van der Waals surface area contributed by atoms with Crippen LogP contribution in [-0.2, 0) is 5.75 Å². The minimum atomic E-state index is -0.503. The summed E-state index contributed by atoms with van der Waals surface area (Å²) >= 11 is 6.96. The number of nitro groups is 1. The standard InChI is InChI=1S/C12H10ClN3O2S/c1-8-4-2-3-5-9(8)7-19-11-10(16(17)18)6-14-12(13)15-11/h2-6H,7H2,1H3. The number of halogens is 1. The zero-order valence-corrected chi connectivity index (χ0v) is 11.6. The molecule has 0 unspecified atom stereocenters. The van der Waals surface area contributed by atoms with E-state index in [2.05, 4.69) is 9.97 Å². The topological polar surface area (TPSA) is 68.9 Å². The van der Waals surface area contributed by atoms with Crippen molar-refractivity contribution in [3.63, 3.8) is 0 Å². The van der Waals surface area contributed by atoms with Crippen LogP contribution in [0.4, 0.5) is 5.69 Å². The highest BCUT2D eigenvalue weighted by Gasteiger charge is 2.17. The summed E-state index contributed by atoms with van der Waals surface area (Å²) in [4.78, 5) is 17.9. The van der Waals surface area contributed by atoms with Gasteiger partial charge in [-0.25, -0.2) is 9.97 Å². The Balaban J connectivity index is 2.22. The molecule has 98 valence electrons. The summed E-state index contributed by atoms with van der Waals surface area (Å²) in [6.45, 7) is 2.00. The molecule has 2 aromatic rings. The molecule has 0 saturated heterocycles. The lowest BCUT2D eigenvalue weighted by molar-refractivity contribution is -0.388. The monoisotopic (exact) mass is 295 g/mol. The number of benzene rings is 1. The fourth-order valence-corrected chi connectivity index (χ4v) is 2.71. The summed E-state index contributed by atoms with van der Waals surface area (Å²) < 4.78 is 0. The maximum Gasteiger partial charge on any atom is 0.319 e. The van der Waals surface area contributed by atoms with Gasteiger partial charge >= 0.3 is 5.69 Å². The van der Waals surface area contributed by atoms with Crippen molar-refractivity contribution in [3.05, 3.63) is 57.0 Å². The average molecular weight is 296 g/mol. The van der Waals surface area contributed by atoms with Crippen LogP contribution in [0.1, 0.15) is 11.1 Å². The largest absolute Gasteiger partial charge is 0.319 e.